The summed E-state index contributed by atoms with van der Waals surface area (Å²) < 4.78 is 7.65. The van der Waals surface area contributed by atoms with Gasteiger partial charge in [0.2, 0.25) is 0 Å². The minimum Gasteiger partial charge on any atom is -0.496 e. The average Bonchev–Trinajstić information content (AvgIpc) is 2.91. The van der Waals surface area contributed by atoms with Crippen LogP contribution in [0.3, 0.4) is 0 Å². The largest absolute Gasteiger partial charge is 0.496 e. The van der Waals surface area contributed by atoms with Crippen molar-refractivity contribution in [3.05, 3.63) is 45.2 Å². The van der Waals surface area contributed by atoms with Crippen LogP contribution in [-0.2, 0) is 5.54 Å². The third kappa shape index (κ3) is 4.06. The fourth-order valence-corrected chi connectivity index (χ4v) is 3.31. The molecule has 0 aliphatic rings. The fourth-order valence-electron chi connectivity index (χ4n) is 2.06. The molecule has 7 heteroatoms. The smallest absolute Gasteiger partial charge is 0.282 e. The van der Waals surface area contributed by atoms with Crippen molar-refractivity contribution in [2.45, 2.75) is 39.3 Å². The number of rotatable bonds is 3. The maximum atomic E-state index is 12.6. The highest BCUT2D eigenvalue weighted by atomic mass is 35.5. The lowest BCUT2D eigenvalue weighted by molar-refractivity contribution is 0.0995. The van der Waals surface area contributed by atoms with E-state index in [0.29, 0.717) is 21.0 Å². The number of methoxy groups -OCH3 is 1. The van der Waals surface area contributed by atoms with Crippen LogP contribution in [0.5, 0.6) is 5.75 Å². The molecule has 0 aliphatic carbocycles. The molecule has 2 rings (SSSR count). The highest BCUT2D eigenvalue weighted by Gasteiger charge is 2.19. The molecule has 24 heavy (non-hydrogen) atoms. The molecule has 1 amide bonds. The number of carbonyl (C=O) groups excluding carboxylic acids is 1. The van der Waals surface area contributed by atoms with E-state index in [1.807, 2.05) is 30.9 Å². The Bertz CT molecular complexity index is 816. The molecule has 1 N–H and O–H groups in total. The summed E-state index contributed by atoms with van der Waals surface area (Å²) in [6.07, 6.45) is 1.11. The summed E-state index contributed by atoms with van der Waals surface area (Å²) in [6, 6.07) is 4.81. The standard InChI is InChI=1S/C17H21ClN2O3S/c1-10(21)13-9-20(17(2,3)4)24-16(13)19-15(22)12-8-11(18)6-7-14(12)23-5/h6-10,21H,1-5H3. The summed E-state index contributed by atoms with van der Waals surface area (Å²) in [5.74, 6) is -0.0499. The van der Waals surface area contributed by atoms with Crippen molar-refractivity contribution in [2.75, 3.05) is 7.11 Å². The summed E-state index contributed by atoms with van der Waals surface area (Å²) in [7, 11) is 1.49. The molecule has 0 saturated carbocycles. The van der Waals surface area contributed by atoms with Crippen LogP contribution in [0.25, 0.3) is 0 Å². The fraction of sp³-hybridized carbons (Fsp3) is 0.412. The van der Waals surface area contributed by atoms with E-state index in [1.165, 1.54) is 24.7 Å². The van der Waals surface area contributed by atoms with Crippen LogP contribution < -0.4 is 9.41 Å². The molecule has 5 nitrogen and oxygen atoms in total. The number of halogens is 1. The Morgan fingerprint density at radius 2 is 2.08 bits per heavy atom. The Morgan fingerprint density at radius 3 is 2.62 bits per heavy atom. The third-order valence-corrected chi connectivity index (χ3v) is 4.98. The van der Waals surface area contributed by atoms with E-state index in [4.69, 9.17) is 16.3 Å². The van der Waals surface area contributed by atoms with Crippen molar-refractivity contribution < 1.29 is 14.6 Å². The van der Waals surface area contributed by atoms with Crippen LogP contribution in [0.1, 0.15) is 49.7 Å². The number of aliphatic hydroxyl groups is 1. The lowest BCUT2D eigenvalue weighted by Gasteiger charge is -2.19. The van der Waals surface area contributed by atoms with E-state index in [0.717, 1.165) is 0 Å². The van der Waals surface area contributed by atoms with E-state index in [1.54, 1.807) is 19.1 Å². The number of aromatic nitrogens is 1. The lowest BCUT2D eigenvalue weighted by Crippen LogP contribution is -2.18. The zero-order chi connectivity index (χ0) is 18.1. The summed E-state index contributed by atoms with van der Waals surface area (Å²) in [4.78, 5) is 16.8. The predicted molar refractivity (Wildman–Crippen MR) is 95.8 cm³/mol. The van der Waals surface area contributed by atoms with E-state index in [9.17, 15) is 9.90 Å². The van der Waals surface area contributed by atoms with Gasteiger partial charge in [-0.1, -0.05) is 11.6 Å². The first-order chi connectivity index (χ1) is 11.1. The molecule has 0 spiro atoms. The summed E-state index contributed by atoms with van der Waals surface area (Å²) >= 11 is 7.31. The number of aliphatic hydroxyl groups excluding tert-OH is 1. The van der Waals surface area contributed by atoms with Gasteiger partial charge in [0.15, 0.2) is 0 Å². The average molecular weight is 369 g/mol. The highest BCUT2D eigenvalue weighted by Crippen LogP contribution is 2.24. The second kappa shape index (κ2) is 7.09. The van der Waals surface area contributed by atoms with Gasteiger partial charge in [-0.15, -0.1) is 0 Å². The van der Waals surface area contributed by atoms with Gasteiger partial charge in [0, 0.05) is 22.3 Å². The van der Waals surface area contributed by atoms with E-state index in [2.05, 4.69) is 4.99 Å². The SMILES string of the molecule is COc1ccc(Cl)cc1C(=O)N=c1sn(C(C)(C)C)cc1C(C)O. The molecule has 0 saturated heterocycles. The van der Waals surface area contributed by atoms with Crippen molar-refractivity contribution in [3.63, 3.8) is 0 Å². The summed E-state index contributed by atoms with van der Waals surface area (Å²) in [5, 5.41) is 10.4. The Labute approximate surface area is 150 Å². The summed E-state index contributed by atoms with van der Waals surface area (Å²) in [5.41, 5.74) is 0.736. The Balaban J connectivity index is 2.57. The first-order valence-corrected chi connectivity index (χ1v) is 8.62. The first-order valence-electron chi connectivity index (χ1n) is 7.47. The Hall–Kier alpha value is -1.63. The van der Waals surface area contributed by atoms with Crippen LogP contribution in [0.2, 0.25) is 5.02 Å². The zero-order valence-electron chi connectivity index (χ0n) is 14.3. The van der Waals surface area contributed by atoms with Crippen LogP contribution in [-0.4, -0.2) is 22.1 Å². The Morgan fingerprint density at radius 1 is 1.42 bits per heavy atom. The number of ether oxygens (including phenoxy) is 1. The van der Waals surface area contributed by atoms with Crippen LogP contribution >= 0.6 is 23.1 Å². The van der Waals surface area contributed by atoms with Gasteiger partial charge in [0.1, 0.15) is 10.4 Å². The number of amides is 1. The molecule has 130 valence electrons. The van der Waals surface area contributed by atoms with Crippen molar-refractivity contribution in [1.29, 1.82) is 0 Å². The van der Waals surface area contributed by atoms with Gasteiger partial charge in [-0.2, -0.15) is 4.99 Å². The van der Waals surface area contributed by atoms with Crippen molar-refractivity contribution >= 4 is 29.0 Å². The van der Waals surface area contributed by atoms with Gasteiger partial charge >= 0.3 is 0 Å². The van der Waals surface area contributed by atoms with Crippen molar-refractivity contribution in [3.8, 4) is 5.75 Å². The van der Waals surface area contributed by atoms with E-state index < -0.39 is 12.0 Å². The molecule has 0 bridgehead atoms. The van der Waals surface area contributed by atoms with Gasteiger partial charge in [-0.05, 0) is 57.4 Å². The molecule has 2 aromatic rings. The zero-order valence-corrected chi connectivity index (χ0v) is 15.9. The molecule has 1 aromatic carbocycles. The van der Waals surface area contributed by atoms with Crippen molar-refractivity contribution in [1.82, 2.24) is 3.96 Å². The lowest BCUT2D eigenvalue weighted by atomic mass is 10.1. The van der Waals surface area contributed by atoms with Crippen molar-refractivity contribution in [2.24, 2.45) is 4.99 Å². The number of hydrogen-bond acceptors (Lipinski definition) is 4. The maximum Gasteiger partial charge on any atom is 0.282 e. The Kier molecular flexibility index (Phi) is 5.52. The molecule has 0 fully saturated rings. The number of nitrogens with zero attached hydrogens (tertiary/aromatic N) is 2. The van der Waals surface area contributed by atoms with Gasteiger partial charge in [0.05, 0.1) is 18.8 Å². The van der Waals surface area contributed by atoms with Crippen LogP contribution in [0, 0.1) is 0 Å². The monoisotopic (exact) mass is 368 g/mol. The van der Waals surface area contributed by atoms with E-state index >= 15 is 0 Å². The predicted octanol–water partition coefficient (Wildman–Crippen LogP) is 3.76. The molecule has 0 aliphatic heterocycles. The molecular formula is C17H21ClN2O3S. The summed E-state index contributed by atoms with van der Waals surface area (Å²) in [6.45, 7) is 7.78. The quantitative estimate of drug-likeness (QED) is 0.897. The molecule has 0 radical (unpaired) electrons. The third-order valence-electron chi connectivity index (χ3n) is 3.39. The first kappa shape index (κ1) is 18.7. The molecule has 1 aromatic heterocycles. The van der Waals surface area contributed by atoms with Crippen LogP contribution in [0.4, 0.5) is 0 Å². The van der Waals surface area contributed by atoms with E-state index in [-0.39, 0.29) is 11.1 Å². The minimum atomic E-state index is -0.724. The number of benzene rings is 1. The minimum absolute atomic E-state index is 0.168. The maximum absolute atomic E-state index is 12.6. The molecular weight excluding hydrogens is 348 g/mol. The van der Waals surface area contributed by atoms with Gasteiger partial charge in [0.25, 0.3) is 5.91 Å². The topological polar surface area (TPSA) is 63.8 Å². The number of carbonyl (C=O) groups is 1. The highest BCUT2D eigenvalue weighted by molar-refractivity contribution is 7.04. The van der Waals surface area contributed by atoms with Gasteiger partial charge in [-0.3, -0.25) is 8.75 Å². The molecule has 1 heterocycles. The van der Waals surface area contributed by atoms with Crippen LogP contribution in [0.15, 0.2) is 29.4 Å². The molecule has 1 unspecified atom stereocenters. The normalized spacial score (nSPS) is 13.9. The van der Waals surface area contributed by atoms with Gasteiger partial charge in [-0.25, -0.2) is 0 Å². The van der Waals surface area contributed by atoms with Gasteiger partial charge < -0.3 is 9.84 Å². The second-order valence-corrected chi connectivity index (χ2v) is 7.81. The molecule has 1 atom stereocenters. The number of hydrogen-bond donors (Lipinski definition) is 1. The second-order valence-electron chi connectivity index (χ2n) is 6.42.